The molecule has 2 heteroatoms. The lowest BCUT2D eigenvalue weighted by atomic mass is 10.1. The van der Waals surface area contributed by atoms with Crippen molar-refractivity contribution < 1.29 is 0 Å². The first-order chi connectivity index (χ1) is 6.92. The summed E-state index contributed by atoms with van der Waals surface area (Å²) < 4.78 is 0. The van der Waals surface area contributed by atoms with Gasteiger partial charge in [-0.05, 0) is 13.3 Å². The van der Waals surface area contributed by atoms with Gasteiger partial charge in [-0.2, -0.15) is 0 Å². The number of hydrogen-bond donors (Lipinski definition) is 0. The van der Waals surface area contributed by atoms with E-state index in [0.717, 1.165) is 19.6 Å². The summed E-state index contributed by atoms with van der Waals surface area (Å²) in [5.41, 5.74) is 1.24. The second kappa shape index (κ2) is 4.27. The van der Waals surface area contributed by atoms with Gasteiger partial charge in [0.05, 0.1) is 0 Å². The lowest BCUT2D eigenvalue weighted by Crippen LogP contribution is -2.36. The normalized spacial score (nSPS) is 16.6. The van der Waals surface area contributed by atoms with Gasteiger partial charge in [-0.3, -0.25) is 4.99 Å². The summed E-state index contributed by atoms with van der Waals surface area (Å²) >= 11 is 0. The molecule has 0 bridgehead atoms. The third-order valence-electron chi connectivity index (χ3n) is 2.56. The van der Waals surface area contributed by atoms with E-state index in [1.54, 1.807) is 0 Å². The van der Waals surface area contributed by atoms with E-state index in [1.807, 2.05) is 6.07 Å². The molecule has 0 unspecified atom stereocenters. The Labute approximate surface area is 85.3 Å². The number of hydrogen-bond acceptors (Lipinski definition) is 2. The fourth-order valence-corrected chi connectivity index (χ4v) is 1.82. The van der Waals surface area contributed by atoms with Gasteiger partial charge in [0.2, 0.25) is 0 Å². The zero-order valence-corrected chi connectivity index (χ0v) is 8.61. The Kier molecular flexibility index (Phi) is 2.82. The van der Waals surface area contributed by atoms with Crippen LogP contribution < -0.4 is 0 Å². The van der Waals surface area contributed by atoms with Crippen molar-refractivity contribution in [1.29, 1.82) is 0 Å². The number of aliphatic imine (C=N–C) groups is 1. The second-order valence-corrected chi connectivity index (χ2v) is 3.50. The highest BCUT2D eigenvalue weighted by Gasteiger charge is 2.14. The van der Waals surface area contributed by atoms with Crippen molar-refractivity contribution in [3.8, 4) is 0 Å². The molecule has 14 heavy (non-hydrogen) atoms. The van der Waals surface area contributed by atoms with E-state index >= 15 is 0 Å². The molecule has 2 rings (SSSR count). The van der Waals surface area contributed by atoms with Crippen LogP contribution in [-0.4, -0.2) is 30.4 Å². The highest BCUT2D eigenvalue weighted by Crippen LogP contribution is 2.10. The first-order valence-corrected chi connectivity index (χ1v) is 5.26. The number of rotatable bonds is 2. The SMILES string of the molecule is CCN1CCCN=C1c1ccccc1. The van der Waals surface area contributed by atoms with Crippen LogP contribution in [0.1, 0.15) is 18.9 Å². The highest BCUT2D eigenvalue weighted by molar-refractivity contribution is 5.99. The Balaban J connectivity index is 2.28. The Hall–Kier alpha value is -1.31. The van der Waals surface area contributed by atoms with E-state index in [4.69, 9.17) is 0 Å². The van der Waals surface area contributed by atoms with Crippen molar-refractivity contribution in [2.45, 2.75) is 13.3 Å². The molecule has 0 amide bonds. The Bertz CT molecular complexity index is 316. The van der Waals surface area contributed by atoms with Crippen LogP contribution in [0.15, 0.2) is 35.3 Å². The molecule has 0 N–H and O–H groups in total. The second-order valence-electron chi connectivity index (χ2n) is 3.50. The minimum absolute atomic E-state index is 0.973. The zero-order chi connectivity index (χ0) is 9.80. The van der Waals surface area contributed by atoms with Crippen LogP contribution in [0.5, 0.6) is 0 Å². The standard InChI is InChI=1S/C12H16N2/c1-2-14-10-6-9-13-12(14)11-7-4-3-5-8-11/h3-5,7-8H,2,6,9-10H2,1H3. The smallest absolute Gasteiger partial charge is 0.130 e. The summed E-state index contributed by atoms with van der Waals surface area (Å²) in [4.78, 5) is 6.94. The van der Waals surface area contributed by atoms with E-state index in [1.165, 1.54) is 17.8 Å². The molecule has 1 aliphatic rings. The molecular weight excluding hydrogens is 172 g/mol. The molecule has 1 aromatic rings. The molecule has 0 fully saturated rings. The Morgan fingerprint density at radius 1 is 1.29 bits per heavy atom. The molecule has 0 aromatic heterocycles. The van der Waals surface area contributed by atoms with Crippen molar-refractivity contribution in [3.05, 3.63) is 35.9 Å². The number of benzene rings is 1. The van der Waals surface area contributed by atoms with Gasteiger partial charge in [0, 0.05) is 25.2 Å². The molecule has 2 nitrogen and oxygen atoms in total. The fourth-order valence-electron chi connectivity index (χ4n) is 1.82. The van der Waals surface area contributed by atoms with Gasteiger partial charge in [0.1, 0.15) is 5.84 Å². The molecular formula is C12H16N2. The lowest BCUT2D eigenvalue weighted by molar-refractivity contribution is 0.414. The number of amidine groups is 1. The average molecular weight is 188 g/mol. The van der Waals surface area contributed by atoms with Gasteiger partial charge < -0.3 is 4.90 Å². The van der Waals surface area contributed by atoms with Crippen LogP contribution >= 0.6 is 0 Å². The first-order valence-electron chi connectivity index (χ1n) is 5.26. The molecule has 1 heterocycles. The quantitative estimate of drug-likeness (QED) is 0.694. The minimum atomic E-state index is 0.973. The molecule has 1 aromatic carbocycles. The maximum atomic E-state index is 4.59. The average Bonchev–Trinajstić information content (AvgIpc) is 2.30. The molecule has 1 aliphatic heterocycles. The van der Waals surface area contributed by atoms with E-state index in [0.29, 0.717) is 0 Å². The van der Waals surface area contributed by atoms with Gasteiger partial charge in [0.25, 0.3) is 0 Å². The van der Waals surface area contributed by atoms with Crippen molar-refractivity contribution in [2.24, 2.45) is 4.99 Å². The maximum absolute atomic E-state index is 4.59. The summed E-state index contributed by atoms with van der Waals surface area (Å²) in [6, 6.07) is 10.4. The van der Waals surface area contributed by atoms with Crippen LogP contribution in [0.4, 0.5) is 0 Å². The Morgan fingerprint density at radius 3 is 2.79 bits per heavy atom. The van der Waals surface area contributed by atoms with Crippen LogP contribution in [0, 0.1) is 0 Å². The van der Waals surface area contributed by atoms with Gasteiger partial charge in [-0.25, -0.2) is 0 Å². The lowest BCUT2D eigenvalue weighted by Gasteiger charge is -2.28. The highest BCUT2D eigenvalue weighted by atomic mass is 15.2. The summed E-state index contributed by atoms with van der Waals surface area (Å²) in [5, 5.41) is 0. The fraction of sp³-hybridized carbons (Fsp3) is 0.417. The molecule has 0 atom stereocenters. The molecule has 74 valence electrons. The summed E-state index contributed by atoms with van der Waals surface area (Å²) in [7, 11) is 0. The largest absolute Gasteiger partial charge is 0.357 e. The molecule has 0 saturated carbocycles. The topological polar surface area (TPSA) is 15.6 Å². The van der Waals surface area contributed by atoms with Crippen LogP contribution in [0.2, 0.25) is 0 Å². The molecule has 0 radical (unpaired) electrons. The minimum Gasteiger partial charge on any atom is -0.357 e. The third kappa shape index (κ3) is 1.79. The van der Waals surface area contributed by atoms with E-state index in [-0.39, 0.29) is 0 Å². The molecule has 0 saturated heterocycles. The van der Waals surface area contributed by atoms with Crippen LogP contribution in [0.3, 0.4) is 0 Å². The van der Waals surface area contributed by atoms with Crippen molar-refractivity contribution in [2.75, 3.05) is 19.6 Å². The summed E-state index contributed by atoms with van der Waals surface area (Å²) in [6.07, 6.45) is 1.18. The van der Waals surface area contributed by atoms with Gasteiger partial charge >= 0.3 is 0 Å². The molecule has 0 spiro atoms. The first kappa shape index (κ1) is 9.25. The van der Waals surface area contributed by atoms with Gasteiger partial charge in [0.15, 0.2) is 0 Å². The predicted molar refractivity (Wildman–Crippen MR) is 59.7 cm³/mol. The van der Waals surface area contributed by atoms with E-state index in [2.05, 4.69) is 41.1 Å². The zero-order valence-electron chi connectivity index (χ0n) is 8.61. The van der Waals surface area contributed by atoms with Gasteiger partial charge in [-0.15, -0.1) is 0 Å². The summed E-state index contributed by atoms with van der Waals surface area (Å²) in [5.74, 6) is 1.17. The maximum Gasteiger partial charge on any atom is 0.130 e. The van der Waals surface area contributed by atoms with E-state index < -0.39 is 0 Å². The Morgan fingerprint density at radius 2 is 2.07 bits per heavy atom. The van der Waals surface area contributed by atoms with E-state index in [9.17, 15) is 0 Å². The monoisotopic (exact) mass is 188 g/mol. The van der Waals surface area contributed by atoms with Crippen LogP contribution in [-0.2, 0) is 0 Å². The van der Waals surface area contributed by atoms with Gasteiger partial charge in [-0.1, -0.05) is 30.3 Å². The number of nitrogens with zero attached hydrogens (tertiary/aromatic N) is 2. The van der Waals surface area contributed by atoms with Crippen molar-refractivity contribution in [1.82, 2.24) is 4.90 Å². The van der Waals surface area contributed by atoms with Crippen molar-refractivity contribution in [3.63, 3.8) is 0 Å². The van der Waals surface area contributed by atoms with Crippen LogP contribution in [0.25, 0.3) is 0 Å². The summed E-state index contributed by atoms with van der Waals surface area (Å²) in [6.45, 7) is 5.35. The predicted octanol–water partition coefficient (Wildman–Crippen LogP) is 2.16. The molecule has 0 aliphatic carbocycles. The third-order valence-corrected chi connectivity index (χ3v) is 2.56. The van der Waals surface area contributed by atoms with Crippen molar-refractivity contribution >= 4 is 5.84 Å².